The van der Waals surface area contributed by atoms with E-state index in [-0.39, 0.29) is 24.3 Å². The zero-order chi connectivity index (χ0) is 20.2. The molecule has 1 aliphatic carbocycles. The minimum absolute atomic E-state index is 0.00139. The maximum Gasteiger partial charge on any atom is 0.408 e. The summed E-state index contributed by atoms with van der Waals surface area (Å²) in [5, 5.41) is 14.7. The summed E-state index contributed by atoms with van der Waals surface area (Å²) >= 11 is 1.32. The molecule has 0 saturated heterocycles. The number of thioether (sulfide) groups is 1. The van der Waals surface area contributed by atoms with Crippen LogP contribution in [0, 0.1) is 0 Å². The number of nitrogens with one attached hydrogen (secondary N) is 2. The molecule has 0 radical (unpaired) electrons. The number of rotatable bonds is 10. The van der Waals surface area contributed by atoms with Gasteiger partial charge in [0.2, 0.25) is 5.91 Å². The van der Waals surface area contributed by atoms with Crippen LogP contribution >= 0.6 is 11.8 Å². The van der Waals surface area contributed by atoms with Gasteiger partial charge in [-0.05, 0) is 18.4 Å². The summed E-state index contributed by atoms with van der Waals surface area (Å²) in [7, 11) is 0. The average molecular weight is 409 g/mol. The van der Waals surface area contributed by atoms with Gasteiger partial charge in [-0.15, -0.1) is 0 Å². The second kappa shape index (κ2) is 12.3. The molecule has 3 N–H and O–H groups in total. The summed E-state index contributed by atoms with van der Waals surface area (Å²) in [4.78, 5) is 35.1. The van der Waals surface area contributed by atoms with E-state index in [1.54, 1.807) is 0 Å². The number of ether oxygens (including phenoxy) is 1. The summed E-state index contributed by atoms with van der Waals surface area (Å²) in [6, 6.07) is 8.37. The van der Waals surface area contributed by atoms with E-state index in [2.05, 4.69) is 10.6 Å². The maximum atomic E-state index is 12.0. The highest BCUT2D eigenvalue weighted by atomic mass is 32.2. The van der Waals surface area contributed by atoms with E-state index in [0.717, 1.165) is 31.2 Å². The van der Waals surface area contributed by atoms with E-state index in [0.29, 0.717) is 12.2 Å². The van der Waals surface area contributed by atoms with Gasteiger partial charge in [0.1, 0.15) is 12.6 Å². The minimum atomic E-state index is -1.13. The molecule has 2 amide bonds. The molecule has 1 unspecified atom stereocenters. The third-order valence-corrected chi connectivity index (χ3v) is 5.59. The third kappa shape index (κ3) is 8.65. The van der Waals surface area contributed by atoms with Crippen molar-refractivity contribution in [3.8, 4) is 0 Å². The minimum Gasteiger partial charge on any atom is -0.480 e. The summed E-state index contributed by atoms with van der Waals surface area (Å²) in [6.07, 6.45) is 5.19. The van der Waals surface area contributed by atoms with E-state index < -0.39 is 18.1 Å². The lowest BCUT2D eigenvalue weighted by atomic mass is 9.95. The van der Waals surface area contributed by atoms with E-state index in [1.165, 1.54) is 18.2 Å². The number of benzene rings is 1. The third-order valence-electron chi connectivity index (χ3n) is 4.53. The van der Waals surface area contributed by atoms with Crippen molar-refractivity contribution in [1.82, 2.24) is 10.6 Å². The highest BCUT2D eigenvalue weighted by molar-refractivity contribution is 7.99. The van der Waals surface area contributed by atoms with Crippen molar-refractivity contribution in [3.63, 3.8) is 0 Å². The Hall–Kier alpha value is -2.22. The highest BCUT2D eigenvalue weighted by Gasteiger charge is 2.21. The molecule has 0 aromatic heterocycles. The van der Waals surface area contributed by atoms with Crippen molar-refractivity contribution in [3.05, 3.63) is 35.9 Å². The topological polar surface area (TPSA) is 105 Å². The van der Waals surface area contributed by atoms with Crippen LogP contribution in [0.15, 0.2) is 30.3 Å². The van der Waals surface area contributed by atoms with Gasteiger partial charge in [0.15, 0.2) is 0 Å². The SMILES string of the molecule is O=C(CCSCC(NC(=O)OCc1ccccc1)C(=O)O)NC1CCCCC1. The van der Waals surface area contributed by atoms with Crippen LogP contribution in [-0.2, 0) is 20.9 Å². The van der Waals surface area contributed by atoms with Crippen molar-refractivity contribution in [2.45, 2.75) is 57.2 Å². The molecule has 0 bridgehead atoms. The van der Waals surface area contributed by atoms with Gasteiger partial charge < -0.3 is 20.5 Å². The number of carboxylic acid groups (broad SMARTS) is 1. The Bertz CT molecular complexity index is 635. The molecule has 1 aromatic carbocycles. The zero-order valence-electron chi connectivity index (χ0n) is 15.9. The quantitative estimate of drug-likeness (QED) is 0.514. The van der Waals surface area contributed by atoms with Crippen LogP contribution < -0.4 is 10.6 Å². The van der Waals surface area contributed by atoms with Gasteiger partial charge in [-0.3, -0.25) is 4.79 Å². The van der Waals surface area contributed by atoms with Gasteiger partial charge in [-0.1, -0.05) is 49.6 Å². The van der Waals surface area contributed by atoms with Gasteiger partial charge in [0.25, 0.3) is 0 Å². The van der Waals surface area contributed by atoms with Crippen molar-refractivity contribution in [2.75, 3.05) is 11.5 Å². The van der Waals surface area contributed by atoms with Gasteiger partial charge in [0.05, 0.1) is 0 Å². The van der Waals surface area contributed by atoms with Crippen LogP contribution in [0.5, 0.6) is 0 Å². The largest absolute Gasteiger partial charge is 0.480 e. The summed E-state index contributed by atoms with van der Waals surface area (Å²) in [5.74, 6) is -0.451. The van der Waals surface area contributed by atoms with Gasteiger partial charge in [-0.25, -0.2) is 9.59 Å². The summed E-state index contributed by atoms with van der Waals surface area (Å²) in [5.41, 5.74) is 0.822. The lowest BCUT2D eigenvalue weighted by molar-refractivity contribution is -0.138. The molecule has 1 fully saturated rings. The van der Waals surface area contributed by atoms with Crippen molar-refractivity contribution < 1.29 is 24.2 Å². The normalized spacial score (nSPS) is 15.4. The molecule has 28 heavy (non-hydrogen) atoms. The van der Waals surface area contributed by atoms with Gasteiger partial charge >= 0.3 is 12.1 Å². The van der Waals surface area contributed by atoms with E-state index in [4.69, 9.17) is 4.74 Å². The predicted molar refractivity (Wildman–Crippen MR) is 108 cm³/mol. The smallest absolute Gasteiger partial charge is 0.408 e. The van der Waals surface area contributed by atoms with Gasteiger partial charge in [-0.2, -0.15) is 11.8 Å². The summed E-state index contributed by atoms with van der Waals surface area (Å²) in [6.45, 7) is 0.0769. The van der Waals surface area contributed by atoms with Crippen LogP contribution in [-0.4, -0.2) is 46.7 Å². The number of alkyl carbamates (subject to hydrolysis) is 1. The van der Waals surface area contributed by atoms with E-state index in [9.17, 15) is 19.5 Å². The van der Waals surface area contributed by atoms with Crippen molar-refractivity contribution in [2.24, 2.45) is 0 Å². The van der Waals surface area contributed by atoms with Gasteiger partial charge in [0, 0.05) is 24.0 Å². The number of aliphatic carboxylic acids is 1. The lowest BCUT2D eigenvalue weighted by Gasteiger charge is -2.22. The Morgan fingerprint density at radius 1 is 1.14 bits per heavy atom. The molecule has 0 heterocycles. The Morgan fingerprint density at radius 3 is 2.54 bits per heavy atom. The molecule has 1 atom stereocenters. The van der Waals surface area contributed by atoms with Crippen LogP contribution in [0.3, 0.4) is 0 Å². The number of carbonyl (C=O) groups is 3. The number of carboxylic acids is 1. The predicted octanol–water partition coefficient (Wildman–Crippen LogP) is 2.94. The monoisotopic (exact) mass is 408 g/mol. The standard InChI is InChI=1S/C20H28N2O5S/c23-18(21-16-9-5-2-6-10-16)11-12-28-14-17(19(24)25)22-20(26)27-13-15-7-3-1-4-8-15/h1,3-4,7-8,16-17H,2,5-6,9-14H2,(H,21,23)(H,22,26)(H,24,25). The fourth-order valence-corrected chi connectivity index (χ4v) is 3.95. The van der Waals surface area contributed by atoms with Crippen LogP contribution in [0.1, 0.15) is 44.1 Å². The van der Waals surface area contributed by atoms with Crippen molar-refractivity contribution in [1.29, 1.82) is 0 Å². The Morgan fingerprint density at radius 2 is 1.86 bits per heavy atom. The molecule has 8 heteroatoms. The Labute approximate surface area is 169 Å². The molecule has 154 valence electrons. The van der Waals surface area contributed by atoms with E-state index in [1.807, 2.05) is 30.3 Å². The first-order valence-electron chi connectivity index (χ1n) is 9.61. The molecule has 1 saturated carbocycles. The van der Waals surface area contributed by atoms with Crippen molar-refractivity contribution >= 4 is 29.7 Å². The second-order valence-electron chi connectivity index (χ2n) is 6.82. The fourth-order valence-electron chi connectivity index (χ4n) is 2.99. The zero-order valence-corrected chi connectivity index (χ0v) is 16.7. The highest BCUT2D eigenvalue weighted by Crippen LogP contribution is 2.17. The number of carbonyl (C=O) groups excluding carboxylic acids is 2. The number of hydrogen-bond acceptors (Lipinski definition) is 5. The molecule has 2 rings (SSSR count). The first-order chi connectivity index (χ1) is 13.5. The second-order valence-corrected chi connectivity index (χ2v) is 7.97. The summed E-state index contributed by atoms with van der Waals surface area (Å²) < 4.78 is 5.05. The lowest BCUT2D eigenvalue weighted by Crippen LogP contribution is -2.43. The molecule has 7 nitrogen and oxygen atoms in total. The first-order valence-corrected chi connectivity index (χ1v) is 10.8. The number of amides is 2. The molecule has 0 aliphatic heterocycles. The fraction of sp³-hybridized carbons (Fsp3) is 0.550. The molecule has 1 aliphatic rings. The molecule has 0 spiro atoms. The maximum absolute atomic E-state index is 12.0. The van der Waals surface area contributed by atoms with Crippen LogP contribution in [0.2, 0.25) is 0 Å². The van der Waals surface area contributed by atoms with Crippen LogP contribution in [0.4, 0.5) is 4.79 Å². The Kier molecular flexibility index (Phi) is 9.68. The van der Waals surface area contributed by atoms with E-state index >= 15 is 0 Å². The number of hydrogen-bond donors (Lipinski definition) is 3. The first kappa shape index (κ1) is 22.1. The Balaban J connectivity index is 1.62. The van der Waals surface area contributed by atoms with Crippen LogP contribution in [0.25, 0.3) is 0 Å². The molecular formula is C20H28N2O5S. The molecular weight excluding hydrogens is 380 g/mol. The molecule has 1 aromatic rings. The average Bonchev–Trinajstić information content (AvgIpc) is 2.70.